The maximum atomic E-state index is 13.0. The summed E-state index contributed by atoms with van der Waals surface area (Å²) >= 11 is 8.93. The monoisotopic (exact) mass is 301 g/mol. The molecule has 0 radical (unpaired) electrons. The summed E-state index contributed by atoms with van der Waals surface area (Å²) in [6.07, 6.45) is 1.52. The normalized spacial score (nSPS) is 10.2. The maximum Gasteiger partial charge on any atom is 0.224 e. The molecule has 1 aromatic heterocycles. The van der Waals surface area contributed by atoms with E-state index in [9.17, 15) is 4.39 Å². The van der Waals surface area contributed by atoms with E-state index >= 15 is 0 Å². The number of halogens is 3. The number of hydrogen-bond donors (Lipinski definition) is 1. The van der Waals surface area contributed by atoms with Gasteiger partial charge in [-0.05, 0) is 51.8 Å². The quantitative estimate of drug-likeness (QED) is 0.858. The van der Waals surface area contributed by atoms with E-state index in [4.69, 9.17) is 11.6 Å². The Kier molecular flexibility index (Phi) is 3.36. The topological polar surface area (TPSA) is 37.8 Å². The van der Waals surface area contributed by atoms with Gasteiger partial charge in [-0.3, -0.25) is 0 Å². The van der Waals surface area contributed by atoms with Crippen molar-refractivity contribution < 1.29 is 4.39 Å². The lowest BCUT2D eigenvalue weighted by molar-refractivity contribution is 0.628. The molecule has 0 saturated carbocycles. The number of rotatable bonds is 2. The zero-order valence-corrected chi connectivity index (χ0v) is 10.3. The Morgan fingerprint density at radius 1 is 1.31 bits per heavy atom. The Hall–Kier alpha value is -1.20. The molecule has 0 saturated heterocycles. The van der Waals surface area contributed by atoms with Crippen molar-refractivity contribution in [1.29, 1.82) is 0 Å². The van der Waals surface area contributed by atoms with Gasteiger partial charge >= 0.3 is 0 Å². The molecular formula is C10H6BrClFN3. The van der Waals surface area contributed by atoms with Gasteiger partial charge in [0.05, 0.1) is 5.69 Å². The van der Waals surface area contributed by atoms with Crippen LogP contribution in [0.1, 0.15) is 0 Å². The van der Waals surface area contributed by atoms with E-state index in [1.165, 1.54) is 18.3 Å². The van der Waals surface area contributed by atoms with Gasteiger partial charge in [-0.2, -0.15) is 0 Å². The van der Waals surface area contributed by atoms with Gasteiger partial charge in [-0.25, -0.2) is 14.4 Å². The standard InChI is InChI=1S/C10H6BrClFN3/c11-7-2-1-6(13)5-8(7)15-9-3-4-14-10(12)16-9/h1-5H,(H,14,15,16). The van der Waals surface area contributed by atoms with E-state index in [1.54, 1.807) is 12.1 Å². The molecule has 16 heavy (non-hydrogen) atoms. The van der Waals surface area contributed by atoms with Crippen molar-refractivity contribution in [3.05, 3.63) is 46.0 Å². The largest absolute Gasteiger partial charge is 0.339 e. The van der Waals surface area contributed by atoms with Crippen LogP contribution < -0.4 is 5.32 Å². The number of nitrogens with zero attached hydrogens (tertiary/aromatic N) is 2. The predicted octanol–water partition coefficient (Wildman–Crippen LogP) is 3.78. The molecule has 3 nitrogen and oxygen atoms in total. The van der Waals surface area contributed by atoms with Gasteiger partial charge < -0.3 is 5.32 Å². The molecule has 0 spiro atoms. The third-order valence-electron chi connectivity index (χ3n) is 1.82. The number of nitrogens with one attached hydrogen (secondary N) is 1. The van der Waals surface area contributed by atoms with Gasteiger partial charge in [0.2, 0.25) is 5.28 Å². The fourth-order valence-electron chi connectivity index (χ4n) is 1.14. The molecule has 0 unspecified atom stereocenters. The summed E-state index contributed by atoms with van der Waals surface area (Å²) in [5.74, 6) is 0.178. The van der Waals surface area contributed by atoms with Crippen molar-refractivity contribution >= 4 is 39.0 Å². The van der Waals surface area contributed by atoms with E-state index in [1.807, 2.05) is 0 Å². The smallest absolute Gasteiger partial charge is 0.224 e. The fraction of sp³-hybridized carbons (Fsp3) is 0. The van der Waals surface area contributed by atoms with E-state index in [0.717, 1.165) is 4.47 Å². The molecule has 1 heterocycles. The first-order valence-electron chi connectivity index (χ1n) is 4.36. The lowest BCUT2D eigenvalue weighted by atomic mass is 10.3. The molecule has 0 aliphatic carbocycles. The second kappa shape index (κ2) is 4.76. The van der Waals surface area contributed by atoms with Crippen molar-refractivity contribution in [3.63, 3.8) is 0 Å². The van der Waals surface area contributed by atoms with Gasteiger partial charge in [-0.1, -0.05) is 0 Å². The van der Waals surface area contributed by atoms with Crippen LogP contribution in [0.25, 0.3) is 0 Å². The van der Waals surface area contributed by atoms with Gasteiger partial charge in [0, 0.05) is 10.7 Å². The summed E-state index contributed by atoms with van der Waals surface area (Å²) in [6.45, 7) is 0. The van der Waals surface area contributed by atoms with Crippen LogP contribution in [0.5, 0.6) is 0 Å². The second-order valence-corrected chi connectivity index (χ2v) is 4.15. The Bertz CT molecular complexity index is 521. The Labute approximate surface area is 105 Å². The summed E-state index contributed by atoms with van der Waals surface area (Å²) < 4.78 is 13.7. The van der Waals surface area contributed by atoms with Crippen LogP contribution in [-0.4, -0.2) is 9.97 Å². The highest BCUT2D eigenvalue weighted by molar-refractivity contribution is 9.10. The van der Waals surface area contributed by atoms with Crippen molar-refractivity contribution in [1.82, 2.24) is 9.97 Å². The average Bonchev–Trinajstić information content (AvgIpc) is 2.24. The zero-order chi connectivity index (χ0) is 11.5. The molecule has 0 aliphatic rings. The van der Waals surface area contributed by atoms with Crippen molar-refractivity contribution in [2.75, 3.05) is 5.32 Å². The number of benzene rings is 1. The summed E-state index contributed by atoms with van der Waals surface area (Å²) in [5.41, 5.74) is 0.578. The molecular weight excluding hydrogens is 296 g/mol. The van der Waals surface area contributed by atoms with Crippen LogP contribution in [0, 0.1) is 5.82 Å². The van der Waals surface area contributed by atoms with Gasteiger partial charge in [0.1, 0.15) is 11.6 Å². The summed E-state index contributed by atoms with van der Waals surface area (Å²) in [7, 11) is 0. The molecule has 0 aliphatic heterocycles. The van der Waals surface area contributed by atoms with E-state index in [0.29, 0.717) is 11.5 Å². The van der Waals surface area contributed by atoms with Crippen molar-refractivity contribution in [2.45, 2.75) is 0 Å². The van der Waals surface area contributed by atoms with Crippen LogP contribution in [0.4, 0.5) is 15.9 Å². The lowest BCUT2D eigenvalue weighted by Gasteiger charge is -2.07. The van der Waals surface area contributed by atoms with Crippen LogP contribution >= 0.6 is 27.5 Å². The molecule has 1 aromatic carbocycles. The first kappa shape index (κ1) is 11.3. The Morgan fingerprint density at radius 3 is 2.88 bits per heavy atom. The minimum Gasteiger partial charge on any atom is -0.339 e. The predicted molar refractivity (Wildman–Crippen MR) is 64.4 cm³/mol. The number of hydrogen-bond acceptors (Lipinski definition) is 3. The first-order valence-corrected chi connectivity index (χ1v) is 5.53. The Balaban J connectivity index is 2.30. The van der Waals surface area contributed by atoms with Crippen LogP contribution in [0.3, 0.4) is 0 Å². The van der Waals surface area contributed by atoms with E-state index in [-0.39, 0.29) is 11.1 Å². The minimum atomic E-state index is -0.328. The SMILES string of the molecule is Fc1ccc(Br)c(Nc2ccnc(Cl)n2)c1. The van der Waals surface area contributed by atoms with Crippen LogP contribution in [0.15, 0.2) is 34.9 Å². The van der Waals surface area contributed by atoms with Crippen molar-refractivity contribution in [3.8, 4) is 0 Å². The van der Waals surface area contributed by atoms with Crippen LogP contribution in [0.2, 0.25) is 5.28 Å². The summed E-state index contributed by atoms with van der Waals surface area (Å²) in [5, 5.41) is 3.07. The van der Waals surface area contributed by atoms with Crippen molar-refractivity contribution in [2.24, 2.45) is 0 Å². The van der Waals surface area contributed by atoms with Gasteiger partial charge in [-0.15, -0.1) is 0 Å². The van der Waals surface area contributed by atoms with Crippen LogP contribution in [-0.2, 0) is 0 Å². The first-order chi connectivity index (χ1) is 7.65. The minimum absolute atomic E-state index is 0.137. The molecule has 1 N–H and O–H groups in total. The second-order valence-electron chi connectivity index (χ2n) is 2.96. The molecule has 0 bridgehead atoms. The number of aromatic nitrogens is 2. The molecule has 0 fully saturated rings. The summed E-state index contributed by atoms with van der Waals surface area (Å²) in [6, 6.07) is 5.98. The molecule has 2 rings (SSSR count). The Morgan fingerprint density at radius 2 is 2.12 bits per heavy atom. The van der Waals surface area contributed by atoms with Gasteiger partial charge in [0.15, 0.2) is 0 Å². The zero-order valence-electron chi connectivity index (χ0n) is 7.92. The number of anilines is 2. The molecule has 2 aromatic rings. The van der Waals surface area contributed by atoms with E-state index in [2.05, 4.69) is 31.2 Å². The molecule has 0 atom stereocenters. The average molecular weight is 303 g/mol. The fourth-order valence-corrected chi connectivity index (χ4v) is 1.63. The third kappa shape index (κ3) is 2.68. The molecule has 6 heteroatoms. The molecule has 0 amide bonds. The molecule has 82 valence electrons. The third-order valence-corrected chi connectivity index (χ3v) is 2.69. The van der Waals surface area contributed by atoms with E-state index < -0.39 is 0 Å². The maximum absolute atomic E-state index is 13.0. The highest BCUT2D eigenvalue weighted by Crippen LogP contribution is 2.25. The lowest BCUT2D eigenvalue weighted by Crippen LogP contribution is -1.95. The highest BCUT2D eigenvalue weighted by Gasteiger charge is 2.03. The van der Waals surface area contributed by atoms with Gasteiger partial charge in [0.25, 0.3) is 0 Å². The highest BCUT2D eigenvalue weighted by atomic mass is 79.9. The summed E-state index contributed by atoms with van der Waals surface area (Å²) in [4.78, 5) is 7.69.